The Morgan fingerprint density at radius 2 is 2.06 bits per heavy atom. The number of nitrogens with zero attached hydrogens (tertiary/aromatic N) is 1. The number of aliphatic carboxylic acids is 1. The average Bonchev–Trinajstić information content (AvgIpc) is 2.19. The molecule has 0 aromatic rings. The molecule has 0 aliphatic heterocycles. The summed E-state index contributed by atoms with van der Waals surface area (Å²) in [6.45, 7) is 0.231. The highest BCUT2D eigenvalue weighted by atomic mass is 32.2. The summed E-state index contributed by atoms with van der Waals surface area (Å²) in [5, 5.41) is 17.5. The lowest BCUT2D eigenvalue weighted by molar-refractivity contribution is -0.137. The van der Waals surface area contributed by atoms with E-state index in [1.807, 2.05) is 0 Å². The van der Waals surface area contributed by atoms with Crippen molar-refractivity contribution in [3.8, 4) is 0 Å². The maximum atomic E-state index is 11.6. The molecule has 1 fully saturated rings. The van der Waals surface area contributed by atoms with Crippen molar-refractivity contribution in [3.63, 3.8) is 0 Å². The minimum absolute atomic E-state index is 0.0576. The van der Waals surface area contributed by atoms with E-state index in [4.69, 9.17) is 10.2 Å². The van der Waals surface area contributed by atoms with E-state index in [0.717, 1.165) is 4.31 Å². The van der Waals surface area contributed by atoms with Crippen LogP contribution in [0.3, 0.4) is 0 Å². The predicted molar refractivity (Wildman–Crippen MR) is 60.5 cm³/mol. The van der Waals surface area contributed by atoms with Gasteiger partial charge in [0.1, 0.15) is 0 Å². The summed E-state index contributed by atoms with van der Waals surface area (Å²) >= 11 is 0. The van der Waals surface area contributed by atoms with Crippen LogP contribution in [-0.4, -0.2) is 55.1 Å². The third-order valence-corrected chi connectivity index (χ3v) is 4.35. The summed E-state index contributed by atoms with van der Waals surface area (Å²) in [6, 6.07) is 0. The van der Waals surface area contributed by atoms with E-state index in [0.29, 0.717) is 12.8 Å². The largest absolute Gasteiger partial charge is 0.481 e. The zero-order valence-electron chi connectivity index (χ0n) is 9.66. The van der Waals surface area contributed by atoms with Crippen molar-refractivity contribution in [2.24, 2.45) is 5.92 Å². The van der Waals surface area contributed by atoms with Crippen LogP contribution in [0.1, 0.15) is 19.3 Å². The van der Waals surface area contributed by atoms with Gasteiger partial charge in [0, 0.05) is 20.1 Å². The van der Waals surface area contributed by atoms with Gasteiger partial charge in [-0.25, -0.2) is 4.72 Å². The first kappa shape index (κ1) is 14.4. The fourth-order valence-electron chi connectivity index (χ4n) is 1.57. The van der Waals surface area contributed by atoms with Crippen LogP contribution in [0.15, 0.2) is 0 Å². The van der Waals surface area contributed by atoms with Gasteiger partial charge in [-0.1, -0.05) is 0 Å². The van der Waals surface area contributed by atoms with E-state index in [-0.39, 0.29) is 31.5 Å². The van der Waals surface area contributed by atoms with Gasteiger partial charge in [0.25, 0.3) is 10.2 Å². The minimum atomic E-state index is -3.61. The number of carboxylic acid groups (broad SMARTS) is 1. The molecule has 1 saturated carbocycles. The van der Waals surface area contributed by atoms with Gasteiger partial charge in [-0.2, -0.15) is 12.7 Å². The Kier molecular flexibility index (Phi) is 4.87. The SMILES string of the molecule is CN(CCC(=O)O)S(=O)(=O)NCC1CC(O)C1. The van der Waals surface area contributed by atoms with Gasteiger partial charge in [-0.3, -0.25) is 4.79 Å². The molecular weight excluding hydrogens is 248 g/mol. The first-order valence-corrected chi connectivity index (χ1v) is 6.86. The minimum Gasteiger partial charge on any atom is -0.481 e. The molecule has 0 radical (unpaired) electrons. The highest BCUT2D eigenvalue weighted by Crippen LogP contribution is 2.26. The van der Waals surface area contributed by atoms with Crippen LogP contribution in [0.25, 0.3) is 0 Å². The fourth-order valence-corrected chi connectivity index (χ4v) is 2.57. The zero-order valence-corrected chi connectivity index (χ0v) is 10.5. The number of aliphatic hydroxyl groups is 1. The lowest BCUT2D eigenvalue weighted by Gasteiger charge is -2.31. The molecule has 3 N–H and O–H groups in total. The molecular formula is C9H18N2O5S. The smallest absolute Gasteiger partial charge is 0.304 e. The van der Waals surface area contributed by atoms with Crippen molar-refractivity contribution < 1.29 is 23.4 Å². The Bertz CT molecular complexity index is 364. The zero-order chi connectivity index (χ0) is 13.1. The molecule has 0 amide bonds. The molecule has 0 aromatic heterocycles. The maximum absolute atomic E-state index is 11.6. The number of hydrogen-bond acceptors (Lipinski definition) is 4. The van der Waals surface area contributed by atoms with Crippen molar-refractivity contribution in [2.75, 3.05) is 20.1 Å². The highest BCUT2D eigenvalue weighted by Gasteiger charge is 2.29. The normalized spacial score (nSPS) is 24.6. The van der Waals surface area contributed by atoms with Crippen molar-refractivity contribution >= 4 is 16.2 Å². The number of aliphatic hydroxyl groups excluding tert-OH is 1. The summed E-state index contributed by atoms with van der Waals surface area (Å²) in [4.78, 5) is 10.3. The molecule has 100 valence electrons. The molecule has 1 aliphatic rings. The van der Waals surface area contributed by atoms with E-state index in [1.54, 1.807) is 0 Å². The van der Waals surface area contributed by atoms with Gasteiger partial charge in [0.2, 0.25) is 0 Å². The quantitative estimate of drug-likeness (QED) is 0.548. The van der Waals surface area contributed by atoms with Crippen LogP contribution in [0, 0.1) is 5.92 Å². The molecule has 0 heterocycles. The van der Waals surface area contributed by atoms with Gasteiger partial charge in [0.05, 0.1) is 12.5 Å². The number of carboxylic acids is 1. The number of hydrogen-bond donors (Lipinski definition) is 3. The number of nitrogens with one attached hydrogen (secondary N) is 1. The number of carbonyl (C=O) groups is 1. The van der Waals surface area contributed by atoms with Crippen LogP contribution in [0.5, 0.6) is 0 Å². The first-order valence-electron chi connectivity index (χ1n) is 5.42. The first-order chi connectivity index (χ1) is 7.81. The summed E-state index contributed by atoms with van der Waals surface area (Å²) in [7, 11) is -2.27. The molecule has 0 unspecified atom stereocenters. The van der Waals surface area contributed by atoms with Crippen molar-refractivity contribution in [3.05, 3.63) is 0 Å². The van der Waals surface area contributed by atoms with E-state index in [2.05, 4.69) is 4.72 Å². The Hall–Kier alpha value is -0.700. The molecule has 7 nitrogen and oxygen atoms in total. The molecule has 17 heavy (non-hydrogen) atoms. The Balaban J connectivity index is 2.31. The third kappa shape index (κ3) is 4.58. The van der Waals surface area contributed by atoms with Gasteiger partial charge in [0.15, 0.2) is 0 Å². The van der Waals surface area contributed by atoms with E-state index < -0.39 is 16.2 Å². The predicted octanol–water partition coefficient (Wildman–Crippen LogP) is -1.00. The van der Waals surface area contributed by atoms with Crippen LogP contribution in [0.4, 0.5) is 0 Å². The monoisotopic (exact) mass is 266 g/mol. The van der Waals surface area contributed by atoms with Crippen molar-refractivity contribution in [1.29, 1.82) is 0 Å². The molecule has 0 saturated heterocycles. The molecule has 1 aliphatic carbocycles. The molecule has 0 atom stereocenters. The second-order valence-corrected chi connectivity index (χ2v) is 6.17. The van der Waals surface area contributed by atoms with Gasteiger partial charge in [-0.15, -0.1) is 0 Å². The van der Waals surface area contributed by atoms with Gasteiger partial charge >= 0.3 is 5.97 Å². The second-order valence-electron chi connectivity index (χ2n) is 4.31. The summed E-state index contributed by atoms with van der Waals surface area (Å²) < 4.78 is 26.6. The second kappa shape index (κ2) is 5.76. The van der Waals surface area contributed by atoms with E-state index in [9.17, 15) is 13.2 Å². The van der Waals surface area contributed by atoms with Gasteiger partial charge in [-0.05, 0) is 18.8 Å². The fraction of sp³-hybridized carbons (Fsp3) is 0.889. The van der Waals surface area contributed by atoms with Crippen LogP contribution in [-0.2, 0) is 15.0 Å². The highest BCUT2D eigenvalue weighted by molar-refractivity contribution is 7.87. The Morgan fingerprint density at radius 3 is 2.53 bits per heavy atom. The third-order valence-electron chi connectivity index (χ3n) is 2.82. The standard InChI is InChI=1S/C9H18N2O5S/c1-11(3-2-9(13)14)17(15,16)10-6-7-4-8(12)5-7/h7-8,10,12H,2-6H2,1H3,(H,13,14). The summed E-state index contributed by atoms with van der Waals surface area (Å²) in [6.07, 6.45) is 0.691. The number of rotatable bonds is 7. The average molecular weight is 266 g/mol. The Labute approximate surface area is 101 Å². The van der Waals surface area contributed by atoms with Crippen molar-refractivity contribution in [1.82, 2.24) is 9.03 Å². The summed E-state index contributed by atoms with van der Waals surface area (Å²) in [5.74, 6) is -0.859. The van der Waals surface area contributed by atoms with Crippen LogP contribution in [0.2, 0.25) is 0 Å². The molecule has 8 heteroatoms. The lowest BCUT2D eigenvalue weighted by atomic mass is 9.83. The molecule has 1 rings (SSSR count). The van der Waals surface area contributed by atoms with Crippen molar-refractivity contribution in [2.45, 2.75) is 25.4 Å². The van der Waals surface area contributed by atoms with Crippen LogP contribution < -0.4 is 4.72 Å². The maximum Gasteiger partial charge on any atom is 0.304 e. The molecule has 0 aromatic carbocycles. The topological polar surface area (TPSA) is 107 Å². The Morgan fingerprint density at radius 1 is 1.47 bits per heavy atom. The molecule has 0 bridgehead atoms. The van der Waals surface area contributed by atoms with E-state index in [1.165, 1.54) is 7.05 Å². The summed E-state index contributed by atoms with van der Waals surface area (Å²) in [5.41, 5.74) is 0. The van der Waals surface area contributed by atoms with Crippen LogP contribution >= 0.6 is 0 Å². The van der Waals surface area contributed by atoms with E-state index >= 15 is 0 Å². The van der Waals surface area contributed by atoms with Gasteiger partial charge < -0.3 is 10.2 Å². The lowest BCUT2D eigenvalue weighted by Crippen LogP contribution is -2.44. The molecule has 0 spiro atoms.